The fraction of sp³-hybridized carbons (Fsp3) is 0.588. The van der Waals surface area contributed by atoms with Crippen molar-refractivity contribution in [1.29, 1.82) is 0 Å². The number of carbonyl (C=O) groups excluding carboxylic acids is 2. The number of hydrogen-bond acceptors (Lipinski definition) is 4. The average Bonchev–Trinajstić information content (AvgIpc) is 2.45. The quantitative estimate of drug-likeness (QED) is 0.861. The van der Waals surface area contributed by atoms with Crippen molar-refractivity contribution in [3.63, 3.8) is 0 Å². The van der Waals surface area contributed by atoms with E-state index in [2.05, 4.69) is 4.98 Å². The van der Waals surface area contributed by atoms with Gasteiger partial charge >= 0.3 is 6.09 Å². The van der Waals surface area contributed by atoms with Crippen LogP contribution in [-0.2, 0) is 16.0 Å². The maximum atomic E-state index is 12.1. The van der Waals surface area contributed by atoms with Crippen molar-refractivity contribution in [2.45, 2.75) is 45.6 Å². The Hall–Kier alpha value is -1.91. The maximum Gasteiger partial charge on any atom is 0.410 e. The van der Waals surface area contributed by atoms with Gasteiger partial charge in [0.2, 0.25) is 0 Å². The summed E-state index contributed by atoms with van der Waals surface area (Å²) in [6.45, 7) is 6.46. The molecule has 1 atom stereocenters. The second kappa shape index (κ2) is 6.90. The molecule has 22 heavy (non-hydrogen) atoms. The topological polar surface area (TPSA) is 59.5 Å². The number of carbonyl (C=O) groups is 2. The number of aryl methyl sites for hydroxylation is 1. The second-order valence-corrected chi connectivity index (χ2v) is 6.73. The van der Waals surface area contributed by atoms with E-state index in [1.807, 2.05) is 32.9 Å². The molecule has 0 radical (unpaired) electrons. The normalized spacial score (nSPS) is 19.1. The monoisotopic (exact) mass is 304 g/mol. The van der Waals surface area contributed by atoms with Gasteiger partial charge in [-0.25, -0.2) is 4.79 Å². The molecule has 5 heteroatoms. The molecule has 1 amide bonds. The number of ketones is 1. The third-order valence-corrected chi connectivity index (χ3v) is 3.71. The number of ether oxygens (including phenoxy) is 1. The maximum absolute atomic E-state index is 12.1. The van der Waals surface area contributed by atoms with Crippen molar-refractivity contribution in [3.8, 4) is 0 Å². The van der Waals surface area contributed by atoms with Gasteiger partial charge in [0.25, 0.3) is 0 Å². The molecule has 1 fully saturated rings. The molecule has 0 aromatic carbocycles. The lowest BCUT2D eigenvalue weighted by molar-refractivity contribution is -0.126. The summed E-state index contributed by atoms with van der Waals surface area (Å²) in [5.41, 5.74) is 0.655. The third-order valence-electron chi connectivity index (χ3n) is 3.71. The van der Waals surface area contributed by atoms with Crippen LogP contribution in [0.15, 0.2) is 24.5 Å². The number of aromatic nitrogens is 1. The minimum absolute atomic E-state index is 0.102. The van der Waals surface area contributed by atoms with E-state index in [9.17, 15) is 9.59 Å². The standard InChI is InChI=1S/C17H24N2O3/c1-17(2,3)22-16(21)19-11-8-15(20)14(12-19)5-4-13-6-9-18-10-7-13/h6-7,9-10,14H,4-5,8,11-12H2,1-3H3. The molecule has 0 aliphatic carbocycles. The Morgan fingerprint density at radius 1 is 1.36 bits per heavy atom. The van der Waals surface area contributed by atoms with E-state index >= 15 is 0 Å². The van der Waals surface area contributed by atoms with Crippen LogP contribution < -0.4 is 0 Å². The van der Waals surface area contributed by atoms with Gasteiger partial charge in [-0.05, 0) is 51.3 Å². The van der Waals surface area contributed by atoms with Crippen molar-refractivity contribution in [2.24, 2.45) is 5.92 Å². The Morgan fingerprint density at radius 2 is 2.05 bits per heavy atom. The first-order valence-corrected chi connectivity index (χ1v) is 7.75. The van der Waals surface area contributed by atoms with E-state index in [4.69, 9.17) is 4.74 Å². The van der Waals surface area contributed by atoms with Crippen LogP contribution in [0.4, 0.5) is 4.79 Å². The number of nitrogens with zero attached hydrogens (tertiary/aromatic N) is 2. The molecule has 1 saturated heterocycles. The number of likely N-dealkylation sites (tertiary alicyclic amines) is 1. The van der Waals surface area contributed by atoms with Gasteiger partial charge in [-0.2, -0.15) is 0 Å². The van der Waals surface area contributed by atoms with E-state index in [1.165, 1.54) is 0 Å². The summed E-state index contributed by atoms with van der Waals surface area (Å²) in [7, 11) is 0. The molecule has 1 unspecified atom stereocenters. The van der Waals surface area contributed by atoms with Gasteiger partial charge in [0.15, 0.2) is 0 Å². The summed E-state index contributed by atoms with van der Waals surface area (Å²) < 4.78 is 5.39. The highest BCUT2D eigenvalue weighted by molar-refractivity contribution is 5.84. The van der Waals surface area contributed by atoms with Crippen LogP contribution in [0, 0.1) is 5.92 Å². The molecule has 0 saturated carbocycles. The largest absolute Gasteiger partial charge is 0.444 e. The summed E-state index contributed by atoms with van der Waals surface area (Å²) in [4.78, 5) is 29.8. The number of rotatable bonds is 3. The summed E-state index contributed by atoms with van der Waals surface area (Å²) in [5.74, 6) is 0.142. The molecule has 0 N–H and O–H groups in total. The van der Waals surface area contributed by atoms with Gasteiger partial charge in [-0.3, -0.25) is 9.78 Å². The molecule has 120 valence electrons. The van der Waals surface area contributed by atoms with Gasteiger partial charge < -0.3 is 9.64 Å². The van der Waals surface area contributed by atoms with E-state index in [0.29, 0.717) is 19.5 Å². The highest BCUT2D eigenvalue weighted by Gasteiger charge is 2.31. The molecule has 2 rings (SSSR count). The van der Waals surface area contributed by atoms with Crippen LogP contribution >= 0.6 is 0 Å². The van der Waals surface area contributed by atoms with Crippen LogP contribution in [-0.4, -0.2) is 40.5 Å². The predicted octanol–water partition coefficient (Wildman–Crippen LogP) is 2.84. The molecule has 0 spiro atoms. The number of pyridine rings is 1. The molecule has 1 aromatic rings. The Labute approximate surface area is 131 Å². The number of piperidine rings is 1. The molecule has 2 heterocycles. The van der Waals surface area contributed by atoms with E-state index < -0.39 is 5.60 Å². The molecule has 5 nitrogen and oxygen atoms in total. The predicted molar refractivity (Wildman–Crippen MR) is 83.5 cm³/mol. The first-order chi connectivity index (χ1) is 10.3. The van der Waals surface area contributed by atoms with E-state index in [0.717, 1.165) is 18.4 Å². The second-order valence-electron chi connectivity index (χ2n) is 6.73. The number of hydrogen-bond donors (Lipinski definition) is 0. The molecular weight excluding hydrogens is 280 g/mol. The minimum atomic E-state index is -0.509. The first-order valence-electron chi connectivity index (χ1n) is 7.75. The first kappa shape index (κ1) is 16.5. The third kappa shape index (κ3) is 4.83. The Balaban J connectivity index is 1.91. The lowest BCUT2D eigenvalue weighted by atomic mass is 9.91. The zero-order valence-corrected chi connectivity index (χ0v) is 13.5. The van der Waals surface area contributed by atoms with Crippen molar-refractivity contribution in [3.05, 3.63) is 30.1 Å². The van der Waals surface area contributed by atoms with E-state index in [-0.39, 0.29) is 17.8 Å². The highest BCUT2D eigenvalue weighted by atomic mass is 16.6. The van der Waals surface area contributed by atoms with Gasteiger partial charge in [0, 0.05) is 37.8 Å². The van der Waals surface area contributed by atoms with Crippen LogP contribution in [0.25, 0.3) is 0 Å². The summed E-state index contributed by atoms with van der Waals surface area (Å²) >= 11 is 0. The lowest BCUT2D eigenvalue weighted by Crippen LogP contribution is -2.46. The zero-order valence-electron chi connectivity index (χ0n) is 13.5. The SMILES string of the molecule is CC(C)(C)OC(=O)N1CCC(=O)C(CCc2ccncc2)C1. The smallest absolute Gasteiger partial charge is 0.410 e. The number of amides is 1. The fourth-order valence-electron chi connectivity index (χ4n) is 2.54. The van der Waals surface area contributed by atoms with Crippen molar-refractivity contribution >= 4 is 11.9 Å². The van der Waals surface area contributed by atoms with Gasteiger partial charge in [-0.1, -0.05) is 0 Å². The van der Waals surface area contributed by atoms with Gasteiger partial charge in [0.05, 0.1) is 0 Å². The van der Waals surface area contributed by atoms with Crippen LogP contribution in [0.5, 0.6) is 0 Å². The molecular formula is C17H24N2O3. The minimum Gasteiger partial charge on any atom is -0.444 e. The zero-order chi connectivity index (χ0) is 16.2. The Kier molecular flexibility index (Phi) is 5.16. The molecule has 0 bridgehead atoms. The summed E-state index contributed by atoms with van der Waals surface area (Å²) in [6, 6.07) is 3.91. The fourth-order valence-corrected chi connectivity index (χ4v) is 2.54. The highest BCUT2D eigenvalue weighted by Crippen LogP contribution is 2.21. The van der Waals surface area contributed by atoms with Gasteiger partial charge in [0.1, 0.15) is 11.4 Å². The van der Waals surface area contributed by atoms with Crippen LogP contribution in [0.3, 0.4) is 0 Å². The van der Waals surface area contributed by atoms with Gasteiger partial charge in [-0.15, -0.1) is 0 Å². The number of Topliss-reactive ketones (excluding diaryl/α,β-unsaturated/α-hetero) is 1. The summed E-state index contributed by atoms with van der Waals surface area (Å²) in [6.07, 6.45) is 5.17. The lowest BCUT2D eigenvalue weighted by Gasteiger charge is -2.33. The molecule has 1 aromatic heterocycles. The summed E-state index contributed by atoms with van der Waals surface area (Å²) in [5, 5.41) is 0. The Bertz CT molecular complexity index is 522. The van der Waals surface area contributed by atoms with E-state index in [1.54, 1.807) is 17.3 Å². The Morgan fingerprint density at radius 3 is 2.68 bits per heavy atom. The van der Waals surface area contributed by atoms with Crippen LogP contribution in [0.1, 0.15) is 39.2 Å². The molecule has 1 aliphatic heterocycles. The average molecular weight is 304 g/mol. The molecule has 1 aliphatic rings. The van der Waals surface area contributed by atoms with Crippen LogP contribution in [0.2, 0.25) is 0 Å². The van der Waals surface area contributed by atoms with Crippen molar-refractivity contribution in [1.82, 2.24) is 9.88 Å². The van der Waals surface area contributed by atoms with Crippen molar-refractivity contribution < 1.29 is 14.3 Å². The van der Waals surface area contributed by atoms with Crippen molar-refractivity contribution in [2.75, 3.05) is 13.1 Å².